The third kappa shape index (κ3) is 8.16. The molecule has 2 atom stereocenters. The van der Waals surface area contributed by atoms with Gasteiger partial charge in [0.1, 0.15) is 11.5 Å². The van der Waals surface area contributed by atoms with Crippen LogP contribution >= 0.6 is 17.2 Å². The van der Waals surface area contributed by atoms with Crippen LogP contribution in [0.15, 0.2) is 78.9 Å². The van der Waals surface area contributed by atoms with Crippen LogP contribution in [0.5, 0.6) is 11.5 Å². The van der Waals surface area contributed by atoms with E-state index < -0.39 is 41.2 Å². The summed E-state index contributed by atoms with van der Waals surface area (Å²) in [4.78, 5) is 28.1. The molecule has 0 amide bonds. The molecule has 0 radical (unpaired) electrons. The summed E-state index contributed by atoms with van der Waals surface area (Å²) < 4.78 is 15.5. The molecule has 0 aliphatic rings. The molecule has 0 aromatic heterocycles. The summed E-state index contributed by atoms with van der Waals surface area (Å²) >= 11 is 0. The standard InChI is InChI=1S/C26H32O9P2/c1-25(15-20-5-3-2-4-6-20,21-7-11-23(29)12-8-21)22-9-13-24(14-10-22)35-37(32)34-19-26(16-27,17-28)18-33-36(30)31/h2-14,27-32H,15-19H2,1H3. The molecule has 37 heavy (non-hydrogen) atoms. The first-order chi connectivity index (χ1) is 17.7. The van der Waals surface area contributed by atoms with Crippen molar-refractivity contribution in [2.24, 2.45) is 5.41 Å². The molecule has 9 nitrogen and oxygen atoms in total. The average molecular weight is 550 g/mol. The topological polar surface area (TPSA) is 149 Å². The second kappa shape index (κ2) is 13.6. The predicted molar refractivity (Wildman–Crippen MR) is 141 cm³/mol. The van der Waals surface area contributed by atoms with Gasteiger partial charge in [-0.05, 0) is 47.4 Å². The molecule has 2 unspecified atom stereocenters. The second-order valence-corrected chi connectivity index (χ2v) is 10.7. The number of hydrogen-bond donors (Lipinski definition) is 6. The van der Waals surface area contributed by atoms with Crippen LogP contribution in [-0.2, 0) is 20.9 Å². The Bertz CT molecular complexity index is 1080. The summed E-state index contributed by atoms with van der Waals surface area (Å²) in [6.07, 6.45) is 0.713. The molecule has 200 valence electrons. The molecule has 0 heterocycles. The molecule has 11 heteroatoms. The van der Waals surface area contributed by atoms with E-state index in [2.05, 4.69) is 19.1 Å². The fourth-order valence-corrected chi connectivity index (χ4v) is 4.99. The largest absolute Gasteiger partial charge is 0.508 e. The van der Waals surface area contributed by atoms with E-state index in [1.54, 1.807) is 24.3 Å². The number of hydrogen-bond acceptors (Lipinski definition) is 9. The number of aliphatic hydroxyl groups is 2. The first-order valence-electron chi connectivity index (χ1n) is 11.5. The number of phenolic OH excluding ortho intramolecular Hbond substituents is 1. The molecule has 0 fully saturated rings. The van der Waals surface area contributed by atoms with Gasteiger partial charge in [-0.25, -0.2) is 0 Å². The van der Waals surface area contributed by atoms with E-state index in [4.69, 9.17) is 23.4 Å². The van der Waals surface area contributed by atoms with E-state index in [-0.39, 0.29) is 19.0 Å². The van der Waals surface area contributed by atoms with Gasteiger partial charge in [-0.3, -0.25) is 0 Å². The third-order valence-electron chi connectivity index (χ3n) is 6.22. The van der Waals surface area contributed by atoms with Crippen LogP contribution < -0.4 is 4.52 Å². The maximum atomic E-state index is 10.3. The van der Waals surface area contributed by atoms with E-state index in [0.29, 0.717) is 12.2 Å². The van der Waals surface area contributed by atoms with Crippen molar-refractivity contribution in [2.45, 2.75) is 18.8 Å². The van der Waals surface area contributed by atoms with Crippen molar-refractivity contribution < 1.29 is 43.6 Å². The molecule has 0 saturated carbocycles. The van der Waals surface area contributed by atoms with Gasteiger partial charge in [0.05, 0.1) is 31.8 Å². The van der Waals surface area contributed by atoms with Gasteiger partial charge in [0.2, 0.25) is 0 Å². The van der Waals surface area contributed by atoms with Crippen molar-refractivity contribution in [3.05, 3.63) is 95.6 Å². The zero-order chi connectivity index (χ0) is 26.9. The van der Waals surface area contributed by atoms with Crippen LogP contribution in [0, 0.1) is 5.41 Å². The lowest BCUT2D eigenvalue weighted by Crippen LogP contribution is -2.39. The molecular formula is C26H32O9P2. The first kappa shape index (κ1) is 29.4. The van der Waals surface area contributed by atoms with Crippen LogP contribution in [-0.4, -0.2) is 56.4 Å². The maximum absolute atomic E-state index is 10.3. The van der Waals surface area contributed by atoms with Gasteiger partial charge in [0, 0.05) is 5.41 Å². The average Bonchev–Trinajstić information content (AvgIpc) is 2.90. The second-order valence-electron chi connectivity index (χ2n) is 9.01. The maximum Gasteiger partial charge on any atom is 0.394 e. The molecule has 0 spiro atoms. The zero-order valence-corrected chi connectivity index (χ0v) is 22.1. The van der Waals surface area contributed by atoms with Gasteiger partial charge in [0.25, 0.3) is 0 Å². The summed E-state index contributed by atoms with van der Waals surface area (Å²) in [5.41, 5.74) is 1.41. The highest BCUT2D eigenvalue weighted by Crippen LogP contribution is 2.40. The molecule has 3 rings (SSSR count). The fourth-order valence-electron chi connectivity index (χ4n) is 3.87. The number of benzene rings is 3. The Morgan fingerprint density at radius 2 is 1.27 bits per heavy atom. The van der Waals surface area contributed by atoms with E-state index in [1.165, 1.54) is 0 Å². The molecule has 6 N–H and O–H groups in total. The normalized spacial score (nSPS) is 14.4. The molecular weight excluding hydrogens is 518 g/mol. The minimum absolute atomic E-state index is 0.192. The monoisotopic (exact) mass is 550 g/mol. The zero-order valence-electron chi connectivity index (χ0n) is 20.3. The van der Waals surface area contributed by atoms with Crippen molar-refractivity contribution in [3.8, 4) is 11.5 Å². The Labute approximate surface area is 218 Å². The summed E-state index contributed by atoms with van der Waals surface area (Å²) in [7, 11) is -5.08. The van der Waals surface area contributed by atoms with E-state index in [0.717, 1.165) is 16.7 Å². The number of aliphatic hydroxyl groups excluding tert-OH is 2. The smallest absolute Gasteiger partial charge is 0.394 e. The minimum Gasteiger partial charge on any atom is -0.508 e. The predicted octanol–water partition coefficient (Wildman–Crippen LogP) is 3.75. The van der Waals surface area contributed by atoms with Crippen molar-refractivity contribution in [1.29, 1.82) is 0 Å². The number of aromatic hydroxyl groups is 1. The Balaban J connectivity index is 1.73. The van der Waals surface area contributed by atoms with Crippen molar-refractivity contribution in [2.75, 3.05) is 26.4 Å². The minimum atomic E-state index is -2.67. The lowest BCUT2D eigenvalue weighted by molar-refractivity contribution is -0.0228. The van der Waals surface area contributed by atoms with E-state index in [1.807, 2.05) is 42.5 Å². The molecule has 3 aromatic rings. The number of rotatable bonds is 14. The molecule has 0 saturated heterocycles. The quantitative estimate of drug-likeness (QED) is 0.165. The van der Waals surface area contributed by atoms with Gasteiger partial charge in [-0.2, -0.15) is 0 Å². The fraction of sp³-hybridized carbons (Fsp3) is 0.308. The van der Waals surface area contributed by atoms with Crippen LogP contribution in [0.2, 0.25) is 0 Å². The molecule has 0 aliphatic carbocycles. The lowest BCUT2D eigenvalue weighted by atomic mass is 9.72. The highest BCUT2D eigenvalue weighted by atomic mass is 31.2. The Morgan fingerprint density at radius 3 is 1.81 bits per heavy atom. The Kier molecular flexibility index (Phi) is 10.8. The highest BCUT2D eigenvalue weighted by Gasteiger charge is 2.33. The van der Waals surface area contributed by atoms with Crippen molar-refractivity contribution in [1.82, 2.24) is 0 Å². The molecule has 3 aromatic carbocycles. The lowest BCUT2D eigenvalue weighted by Gasteiger charge is -2.32. The van der Waals surface area contributed by atoms with Gasteiger partial charge < -0.3 is 43.6 Å². The van der Waals surface area contributed by atoms with Gasteiger partial charge >= 0.3 is 17.2 Å². The Morgan fingerprint density at radius 1 is 0.730 bits per heavy atom. The van der Waals surface area contributed by atoms with Gasteiger partial charge in [0.15, 0.2) is 0 Å². The van der Waals surface area contributed by atoms with E-state index in [9.17, 15) is 20.2 Å². The summed E-state index contributed by atoms with van der Waals surface area (Å²) in [5.74, 6) is 0.548. The number of phenols is 1. The Hall–Kier alpha value is -2.16. The van der Waals surface area contributed by atoms with Crippen LogP contribution in [0.4, 0.5) is 0 Å². The first-order valence-corrected chi connectivity index (χ1v) is 13.8. The summed E-state index contributed by atoms with van der Waals surface area (Å²) in [6.45, 7) is 0.275. The van der Waals surface area contributed by atoms with E-state index >= 15 is 0 Å². The SMILES string of the molecule is CC(Cc1ccccc1)(c1ccc(O)cc1)c1ccc(OP(O)OCC(CO)(CO)COP(O)O)cc1. The van der Waals surface area contributed by atoms with Crippen LogP contribution in [0.25, 0.3) is 0 Å². The van der Waals surface area contributed by atoms with Crippen LogP contribution in [0.3, 0.4) is 0 Å². The molecule has 0 aliphatic heterocycles. The molecule has 0 bridgehead atoms. The van der Waals surface area contributed by atoms with Gasteiger partial charge in [-0.15, -0.1) is 0 Å². The highest BCUT2D eigenvalue weighted by molar-refractivity contribution is 7.41. The third-order valence-corrected chi connectivity index (χ3v) is 7.30. The summed E-state index contributed by atoms with van der Waals surface area (Å²) in [6, 6.07) is 24.5. The van der Waals surface area contributed by atoms with Crippen molar-refractivity contribution in [3.63, 3.8) is 0 Å². The van der Waals surface area contributed by atoms with Crippen LogP contribution in [0.1, 0.15) is 23.6 Å². The van der Waals surface area contributed by atoms with Crippen molar-refractivity contribution >= 4 is 17.2 Å². The van der Waals surface area contributed by atoms with Gasteiger partial charge in [-0.1, -0.05) is 61.5 Å². The summed E-state index contributed by atoms with van der Waals surface area (Å²) in [5, 5.41) is 29.0.